The quantitative estimate of drug-likeness (QED) is 0.558. The number of Topliss-reactive ketones (excluding diaryl/α,β-unsaturated/α-hetero) is 2. The molecule has 2 rings (SSSR count). The number of carbonyl (C=O) groups excluding carboxylic acids is 3. The van der Waals surface area contributed by atoms with Crippen molar-refractivity contribution in [3.8, 4) is 0 Å². The highest BCUT2D eigenvalue weighted by atomic mass is 16.2. The molecule has 3 nitrogen and oxygen atoms in total. The van der Waals surface area contributed by atoms with Gasteiger partial charge in [-0.1, -0.05) is 32.6 Å². The first-order valence-electron chi connectivity index (χ1n) is 6.66. The average Bonchev–Trinajstić information content (AvgIpc) is 2.55. The summed E-state index contributed by atoms with van der Waals surface area (Å²) in [6, 6.07) is 0. The number of carbonyl (C=O) groups is 3. The molecule has 0 aromatic heterocycles. The van der Waals surface area contributed by atoms with E-state index in [4.69, 9.17) is 0 Å². The fraction of sp³-hybridized carbons (Fsp3) is 0.786. The van der Waals surface area contributed by atoms with Crippen LogP contribution >= 0.6 is 0 Å². The molecule has 0 amide bonds. The van der Waals surface area contributed by atoms with Crippen LogP contribution in [0, 0.1) is 10.8 Å². The van der Waals surface area contributed by atoms with Gasteiger partial charge >= 0.3 is 0 Å². The molecular formula is C14H20O3. The highest BCUT2D eigenvalue weighted by Crippen LogP contribution is 2.52. The van der Waals surface area contributed by atoms with E-state index < -0.39 is 10.8 Å². The third-order valence-corrected chi connectivity index (χ3v) is 4.53. The molecular weight excluding hydrogens is 216 g/mol. The van der Waals surface area contributed by atoms with E-state index in [2.05, 4.69) is 0 Å². The van der Waals surface area contributed by atoms with Crippen LogP contribution in [0.25, 0.3) is 0 Å². The van der Waals surface area contributed by atoms with Crippen LogP contribution in [0.2, 0.25) is 0 Å². The summed E-state index contributed by atoms with van der Waals surface area (Å²) in [5, 5.41) is 0. The first kappa shape index (κ1) is 12.5. The van der Waals surface area contributed by atoms with Crippen molar-refractivity contribution < 1.29 is 14.4 Å². The number of rotatable bonds is 3. The average molecular weight is 236 g/mol. The van der Waals surface area contributed by atoms with E-state index in [9.17, 15) is 14.4 Å². The van der Waals surface area contributed by atoms with Crippen LogP contribution in [0.4, 0.5) is 0 Å². The van der Waals surface area contributed by atoms with Crippen molar-refractivity contribution in [2.75, 3.05) is 0 Å². The molecule has 2 aliphatic carbocycles. The van der Waals surface area contributed by atoms with Gasteiger partial charge in [0.25, 0.3) is 0 Å². The van der Waals surface area contributed by atoms with E-state index >= 15 is 0 Å². The van der Waals surface area contributed by atoms with E-state index in [0.717, 1.165) is 32.0 Å². The Bertz CT molecular complexity index is 352. The SMILES string of the molecule is CCCC1(C=O)CC(=O)C2(CCCCC2)C1=O. The van der Waals surface area contributed by atoms with Gasteiger partial charge in [-0.2, -0.15) is 0 Å². The van der Waals surface area contributed by atoms with Gasteiger partial charge in [-0.25, -0.2) is 0 Å². The Balaban J connectivity index is 2.35. The van der Waals surface area contributed by atoms with Gasteiger partial charge in [-0.05, 0) is 19.3 Å². The topological polar surface area (TPSA) is 51.2 Å². The molecule has 3 heteroatoms. The first-order chi connectivity index (χ1) is 8.11. The third-order valence-electron chi connectivity index (χ3n) is 4.53. The predicted octanol–water partition coefficient (Wildman–Crippen LogP) is 2.46. The Morgan fingerprint density at radius 3 is 2.35 bits per heavy atom. The number of hydrogen-bond acceptors (Lipinski definition) is 3. The van der Waals surface area contributed by atoms with Crippen molar-refractivity contribution in [3.05, 3.63) is 0 Å². The molecule has 0 aliphatic heterocycles. The largest absolute Gasteiger partial charge is 0.302 e. The molecule has 2 aliphatic rings. The van der Waals surface area contributed by atoms with Gasteiger partial charge in [0.1, 0.15) is 12.1 Å². The zero-order chi connectivity index (χ0) is 12.5. The maximum absolute atomic E-state index is 12.6. The number of ketones is 2. The van der Waals surface area contributed by atoms with Gasteiger partial charge in [0, 0.05) is 6.42 Å². The number of hydrogen-bond donors (Lipinski definition) is 0. The highest BCUT2D eigenvalue weighted by molar-refractivity contribution is 6.21. The van der Waals surface area contributed by atoms with Gasteiger partial charge in [-0.15, -0.1) is 0 Å². The minimum Gasteiger partial charge on any atom is -0.302 e. The second-order valence-corrected chi connectivity index (χ2v) is 5.60. The van der Waals surface area contributed by atoms with Gasteiger partial charge in [0.05, 0.1) is 10.8 Å². The van der Waals surface area contributed by atoms with E-state index in [0.29, 0.717) is 19.3 Å². The molecule has 1 atom stereocenters. The fourth-order valence-corrected chi connectivity index (χ4v) is 3.60. The summed E-state index contributed by atoms with van der Waals surface area (Å²) in [5.41, 5.74) is -1.77. The minimum atomic E-state index is -0.983. The molecule has 0 aromatic rings. The molecule has 1 unspecified atom stereocenters. The fourth-order valence-electron chi connectivity index (χ4n) is 3.60. The lowest BCUT2D eigenvalue weighted by atomic mass is 9.68. The first-order valence-corrected chi connectivity index (χ1v) is 6.66. The Labute approximate surface area is 102 Å². The number of aldehydes is 1. The summed E-state index contributed by atoms with van der Waals surface area (Å²) in [6.07, 6.45) is 6.54. The molecule has 0 radical (unpaired) electrons. The minimum absolute atomic E-state index is 0.0303. The smallest absolute Gasteiger partial charge is 0.160 e. The summed E-state index contributed by atoms with van der Waals surface area (Å²) in [4.78, 5) is 36.1. The highest BCUT2D eigenvalue weighted by Gasteiger charge is 2.61. The van der Waals surface area contributed by atoms with Gasteiger partial charge in [0.2, 0.25) is 0 Å². The molecule has 0 saturated heterocycles. The Morgan fingerprint density at radius 1 is 1.18 bits per heavy atom. The molecule has 2 fully saturated rings. The van der Waals surface area contributed by atoms with Gasteiger partial charge in [0.15, 0.2) is 5.78 Å². The van der Waals surface area contributed by atoms with Crippen LogP contribution in [0.15, 0.2) is 0 Å². The van der Waals surface area contributed by atoms with Crippen LogP contribution in [0.3, 0.4) is 0 Å². The molecule has 17 heavy (non-hydrogen) atoms. The van der Waals surface area contributed by atoms with Gasteiger partial charge in [-0.3, -0.25) is 9.59 Å². The van der Waals surface area contributed by atoms with Crippen molar-refractivity contribution in [2.24, 2.45) is 10.8 Å². The van der Waals surface area contributed by atoms with Gasteiger partial charge < -0.3 is 4.79 Å². The lowest BCUT2D eigenvalue weighted by Crippen LogP contribution is -2.40. The second-order valence-electron chi connectivity index (χ2n) is 5.60. The summed E-state index contributed by atoms with van der Waals surface area (Å²) < 4.78 is 0. The Morgan fingerprint density at radius 2 is 1.82 bits per heavy atom. The lowest BCUT2D eigenvalue weighted by molar-refractivity contribution is -0.141. The van der Waals surface area contributed by atoms with Crippen molar-refractivity contribution in [2.45, 2.75) is 58.3 Å². The predicted molar refractivity (Wildman–Crippen MR) is 63.6 cm³/mol. The molecule has 1 spiro atoms. The van der Waals surface area contributed by atoms with E-state index in [1.807, 2.05) is 6.92 Å². The molecule has 0 N–H and O–H groups in total. The van der Waals surface area contributed by atoms with E-state index in [1.165, 1.54) is 0 Å². The van der Waals surface area contributed by atoms with Crippen LogP contribution < -0.4 is 0 Å². The second kappa shape index (κ2) is 4.35. The van der Waals surface area contributed by atoms with E-state index in [-0.39, 0.29) is 18.0 Å². The Hall–Kier alpha value is -0.990. The maximum Gasteiger partial charge on any atom is 0.160 e. The van der Waals surface area contributed by atoms with Crippen LogP contribution in [0.1, 0.15) is 58.3 Å². The Kier molecular flexibility index (Phi) is 3.19. The zero-order valence-electron chi connectivity index (χ0n) is 10.5. The van der Waals surface area contributed by atoms with Crippen molar-refractivity contribution in [1.29, 1.82) is 0 Å². The van der Waals surface area contributed by atoms with Crippen molar-refractivity contribution in [1.82, 2.24) is 0 Å². The summed E-state index contributed by atoms with van der Waals surface area (Å²) in [6.45, 7) is 1.95. The summed E-state index contributed by atoms with van der Waals surface area (Å²) >= 11 is 0. The van der Waals surface area contributed by atoms with Crippen molar-refractivity contribution in [3.63, 3.8) is 0 Å². The molecule has 94 valence electrons. The monoisotopic (exact) mass is 236 g/mol. The maximum atomic E-state index is 12.6. The van der Waals surface area contributed by atoms with Crippen molar-refractivity contribution >= 4 is 17.9 Å². The zero-order valence-corrected chi connectivity index (χ0v) is 10.5. The molecule has 2 saturated carbocycles. The third kappa shape index (κ3) is 1.67. The normalized spacial score (nSPS) is 32.1. The van der Waals surface area contributed by atoms with E-state index in [1.54, 1.807) is 0 Å². The van der Waals surface area contributed by atoms with Crippen LogP contribution in [-0.4, -0.2) is 17.9 Å². The molecule has 0 heterocycles. The summed E-state index contributed by atoms with van der Waals surface area (Å²) in [7, 11) is 0. The molecule has 0 bridgehead atoms. The van der Waals surface area contributed by atoms with Crippen LogP contribution in [0.5, 0.6) is 0 Å². The van der Waals surface area contributed by atoms with Crippen LogP contribution in [-0.2, 0) is 14.4 Å². The molecule has 0 aromatic carbocycles. The lowest BCUT2D eigenvalue weighted by Gasteiger charge is -2.31. The standard InChI is InChI=1S/C14H20O3/c1-2-6-13(10-15)9-11(16)14(12(13)17)7-4-3-5-8-14/h10H,2-9H2,1H3. The summed E-state index contributed by atoms with van der Waals surface area (Å²) in [5.74, 6) is -0.0331.